The second kappa shape index (κ2) is 9.40. The molecule has 6 aromatic carbocycles. The summed E-state index contributed by atoms with van der Waals surface area (Å²) in [6, 6.07) is 51.6. The number of aryl methyl sites for hydroxylation is 1. The SMILES string of the molecule is Cc1ccc2c(c1)c1ccccc1n2-c1nc(-n2c3ccccc3c3ccccc32)cc(-n2c3ccccc3c3ccccc32)n1. The number of para-hydroxylation sites is 5. The molecule has 0 aliphatic heterocycles. The highest BCUT2D eigenvalue weighted by molar-refractivity contribution is 6.11. The lowest BCUT2D eigenvalue weighted by atomic mass is 10.1. The van der Waals surface area contributed by atoms with Crippen LogP contribution < -0.4 is 0 Å². The lowest BCUT2D eigenvalue weighted by Crippen LogP contribution is -2.10. The highest BCUT2D eigenvalue weighted by atomic mass is 15.2. The first-order valence-electron chi connectivity index (χ1n) is 15.6. The normalized spacial score (nSPS) is 12.0. The van der Waals surface area contributed by atoms with Gasteiger partial charge in [0.2, 0.25) is 5.95 Å². The predicted molar refractivity (Wildman–Crippen MR) is 190 cm³/mol. The van der Waals surface area contributed by atoms with Crippen LogP contribution in [-0.2, 0) is 0 Å². The molecule has 0 aliphatic carbocycles. The summed E-state index contributed by atoms with van der Waals surface area (Å²) >= 11 is 0. The average Bonchev–Trinajstić information content (AvgIpc) is 3.74. The summed E-state index contributed by atoms with van der Waals surface area (Å²) in [5, 5.41) is 7.17. The zero-order valence-electron chi connectivity index (χ0n) is 25.1. The molecule has 216 valence electrons. The van der Waals surface area contributed by atoms with Crippen molar-refractivity contribution in [2.75, 3.05) is 0 Å². The molecule has 0 radical (unpaired) electrons. The smallest absolute Gasteiger partial charge is 0.238 e. The van der Waals surface area contributed by atoms with Crippen LogP contribution in [0.15, 0.2) is 146 Å². The van der Waals surface area contributed by atoms with Gasteiger partial charge in [-0.05, 0) is 49.4 Å². The van der Waals surface area contributed by atoms with Gasteiger partial charge < -0.3 is 0 Å². The Kier molecular flexibility index (Phi) is 5.14. The van der Waals surface area contributed by atoms with Gasteiger partial charge in [0, 0.05) is 38.4 Å². The number of fused-ring (bicyclic) bond motifs is 9. The highest BCUT2D eigenvalue weighted by Crippen LogP contribution is 2.36. The first-order valence-corrected chi connectivity index (χ1v) is 15.6. The van der Waals surface area contributed by atoms with Crippen LogP contribution in [0.3, 0.4) is 0 Å². The Bertz CT molecular complexity index is 2590. The second-order valence-electron chi connectivity index (χ2n) is 12.0. The van der Waals surface area contributed by atoms with Crippen molar-refractivity contribution < 1.29 is 0 Å². The standard InChI is InChI=1S/C41H27N5/c1-26-22-23-38-32(24-26)31-16-6-11-21-37(31)46(38)41-42-39(44-33-17-7-2-12-27(33)28-13-3-8-18-34(28)44)25-40(43-41)45-35-19-9-4-14-29(35)30-15-5-10-20-36(30)45/h2-25H,1H3. The Hall–Kier alpha value is -6.20. The molecule has 5 nitrogen and oxygen atoms in total. The van der Waals surface area contributed by atoms with Gasteiger partial charge in [-0.1, -0.05) is 103 Å². The molecule has 5 heteroatoms. The van der Waals surface area contributed by atoms with Crippen molar-refractivity contribution in [2.45, 2.75) is 6.92 Å². The van der Waals surface area contributed by atoms with E-state index >= 15 is 0 Å². The third kappa shape index (κ3) is 3.45. The molecule has 0 bridgehead atoms. The summed E-state index contributed by atoms with van der Waals surface area (Å²) in [7, 11) is 0. The summed E-state index contributed by atoms with van der Waals surface area (Å²) in [4.78, 5) is 10.8. The van der Waals surface area contributed by atoms with E-state index in [1.54, 1.807) is 0 Å². The molecule has 0 N–H and O–H groups in total. The van der Waals surface area contributed by atoms with Crippen molar-refractivity contribution in [3.63, 3.8) is 0 Å². The van der Waals surface area contributed by atoms with E-state index in [1.165, 1.54) is 37.9 Å². The fourth-order valence-electron chi connectivity index (χ4n) is 7.38. The van der Waals surface area contributed by atoms with Gasteiger partial charge in [-0.2, -0.15) is 9.97 Å². The monoisotopic (exact) mass is 589 g/mol. The molecule has 10 aromatic rings. The number of rotatable bonds is 3. The molecule has 0 fully saturated rings. The molecule has 0 unspecified atom stereocenters. The van der Waals surface area contributed by atoms with Crippen molar-refractivity contribution in [3.8, 4) is 17.6 Å². The molecule has 0 aliphatic rings. The van der Waals surface area contributed by atoms with Crippen molar-refractivity contribution >= 4 is 65.4 Å². The van der Waals surface area contributed by atoms with E-state index in [0.29, 0.717) is 5.95 Å². The van der Waals surface area contributed by atoms with Gasteiger partial charge in [0.15, 0.2) is 0 Å². The van der Waals surface area contributed by atoms with E-state index in [2.05, 4.69) is 166 Å². The Balaban J connectivity index is 1.38. The van der Waals surface area contributed by atoms with E-state index in [4.69, 9.17) is 9.97 Å². The Morgan fingerprint density at radius 1 is 0.348 bits per heavy atom. The fraction of sp³-hybridized carbons (Fsp3) is 0.0244. The Morgan fingerprint density at radius 2 is 0.696 bits per heavy atom. The number of hydrogen-bond donors (Lipinski definition) is 0. The van der Waals surface area contributed by atoms with Crippen LogP contribution in [0, 0.1) is 6.92 Å². The molecule has 4 aromatic heterocycles. The van der Waals surface area contributed by atoms with Crippen molar-refractivity contribution in [1.82, 2.24) is 23.7 Å². The highest BCUT2D eigenvalue weighted by Gasteiger charge is 2.21. The summed E-state index contributed by atoms with van der Waals surface area (Å²) in [6.45, 7) is 2.14. The van der Waals surface area contributed by atoms with Gasteiger partial charge in [-0.15, -0.1) is 0 Å². The lowest BCUT2D eigenvalue weighted by Gasteiger charge is -2.15. The van der Waals surface area contributed by atoms with Crippen molar-refractivity contribution in [1.29, 1.82) is 0 Å². The average molecular weight is 590 g/mol. The summed E-state index contributed by atoms with van der Waals surface area (Å²) < 4.78 is 6.79. The van der Waals surface area contributed by atoms with E-state index in [9.17, 15) is 0 Å². The van der Waals surface area contributed by atoms with Gasteiger partial charge in [0.1, 0.15) is 11.6 Å². The van der Waals surface area contributed by atoms with Crippen LogP contribution in [0.5, 0.6) is 0 Å². The third-order valence-corrected chi connectivity index (χ3v) is 9.33. The maximum atomic E-state index is 5.41. The van der Waals surface area contributed by atoms with Crippen LogP contribution in [0.2, 0.25) is 0 Å². The Labute approximate surface area is 264 Å². The van der Waals surface area contributed by atoms with Crippen molar-refractivity contribution in [3.05, 3.63) is 151 Å². The predicted octanol–water partition coefficient (Wildman–Crippen LogP) is 10.1. The molecule has 0 saturated heterocycles. The molecule has 0 amide bonds. The van der Waals surface area contributed by atoms with Crippen LogP contribution in [0.25, 0.3) is 83.0 Å². The molecular weight excluding hydrogens is 562 g/mol. The summed E-state index contributed by atoms with van der Waals surface area (Å²) in [5.74, 6) is 2.26. The van der Waals surface area contributed by atoms with Crippen LogP contribution in [0.1, 0.15) is 5.56 Å². The lowest BCUT2D eigenvalue weighted by molar-refractivity contribution is 0.918. The molecule has 0 atom stereocenters. The van der Waals surface area contributed by atoms with E-state index < -0.39 is 0 Å². The maximum Gasteiger partial charge on any atom is 0.238 e. The molecule has 46 heavy (non-hydrogen) atoms. The van der Waals surface area contributed by atoms with Gasteiger partial charge in [0.05, 0.1) is 33.1 Å². The number of aromatic nitrogens is 5. The number of benzene rings is 6. The first-order chi connectivity index (χ1) is 22.7. The first kappa shape index (κ1) is 25.2. The summed E-state index contributed by atoms with van der Waals surface area (Å²) in [6.07, 6.45) is 0. The minimum atomic E-state index is 0.631. The zero-order chi connectivity index (χ0) is 30.4. The third-order valence-electron chi connectivity index (χ3n) is 9.33. The quantitative estimate of drug-likeness (QED) is 0.206. The minimum absolute atomic E-state index is 0.631. The molecule has 4 heterocycles. The van der Waals surface area contributed by atoms with Gasteiger partial charge in [-0.25, -0.2) is 0 Å². The molecule has 10 rings (SSSR count). The van der Waals surface area contributed by atoms with Gasteiger partial charge in [0.25, 0.3) is 0 Å². The molecule has 0 saturated carbocycles. The largest absolute Gasteiger partial charge is 0.294 e. The van der Waals surface area contributed by atoms with E-state index in [-0.39, 0.29) is 0 Å². The molecular formula is C41H27N5. The van der Waals surface area contributed by atoms with Crippen molar-refractivity contribution in [2.24, 2.45) is 0 Å². The molecule has 0 spiro atoms. The number of hydrogen-bond acceptors (Lipinski definition) is 2. The van der Waals surface area contributed by atoms with Crippen LogP contribution >= 0.6 is 0 Å². The zero-order valence-corrected chi connectivity index (χ0v) is 25.1. The van der Waals surface area contributed by atoms with Gasteiger partial charge in [-0.3, -0.25) is 13.7 Å². The van der Waals surface area contributed by atoms with Crippen LogP contribution in [-0.4, -0.2) is 23.7 Å². The van der Waals surface area contributed by atoms with Crippen LogP contribution in [0.4, 0.5) is 0 Å². The second-order valence-corrected chi connectivity index (χ2v) is 12.0. The fourth-order valence-corrected chi connectivity index (χ4v) is 7.38. The van der Waals surface area contributed by atoms with E-state index in [0.717, 1.165) is 44.7 Å². The summed E-state index contributed by atoms with van der Waals surface area (Å²) in [5.41, 5.74) is 7.83. The number of nitrogens with zero attached hydrogens (tertiary/aromatic N) is 5. The minimum Gasteiger partial charge on any atom is -0.294 e. The van der Waals surface area contributed by atoms with E-state index in [1.807, 2.05) is 0 Å². The maximum absolute atomic E-state index is 5.41. The van der Waals surface area contributed by atoms with Gasteiger partial charge >= 0.3 is 0 Å². The topological polar surface area (TPSA) is 40.6 Å². The Morgan fingerprint density at radius 3 is 1.13 bits per heavy atom.